The highest BCUT2D eigenvalue weighted by atomic mass is 16.5. The van der Waals surface area contributed by atoms with Gasteiger partial charge in [0.25, 0.3) is 0 Å². The second kappa shape index (κ2) is 4.96. The maximum atomic E-state index is 12.3. The van der Waals surface area contributed by atoms with Crippen molar-refractivity contribution in [3.8, 4) is 0 Å². The molecular weight excluding hydrogens is 254 g/mol. The number of carbonyl (C=O) groups excluding carboxylic acids is 2. The maximum Gasteiger partial charge on any atom is 0.325 e. The second-order valence-electron chi connectivity index (χ2n) is 4.86. The zero-order chi connectivity index (χ0) is 14.1. The Balaban J connectivity index is 2.10. The molecular formula is C16H15NO3. The predicted molar refractivity (Wildman–Crippen MR) is 77.1 cm³/mol. The first-order chi connectivity index (χ1) is 9.70. The van der Waals surface area contributed by atoms with E-state index in [-0.39, 0.29) is 18.3 Å². The van der Waals surface area contributed by atoms with Crippen molar-refractivity contribution in [1.29, 1.82) is 0 Å². The van der Waals surface area contributed by atoms with Crippen molar-refractivity contribution < 1.29 is 14.3 Å². The smallest absolute Gasteiger partial charge is 0.325 e. The molecule has 1 aliphatic rings. The summed E-state index contributed by atoms with van der Waals surface area (Å²) >= 11 is 0. The minimum absolute atomic E-state index is 0.0600. The van der Waals surface area contributed by atoms with Gasteiger partial charge in [-0.2, -0.15) is 0 Å². The first-order valence-electron chi connectivity index (χ1n) is 6.59. The Kier molecular flexibility index (Phi) is 3.14. The molecule has 0 unspecified atom stereocenters. The van der Waals surface area contributed by atoms with Crippen molar-refractivity contribution in [3.05, 3.63) is 41.5 Å². The van der Waals surface area contributed by atoms with Gasteiger partial charge in [0.15, 0.2) is 5.78 Å². The van der Waals surface area contributed by atoms with Gasteiger partial charge in [-0.1, -0.05) is 24.3 Å². The molecule has 2 aromatic carbocycles. The molecule has 4 heteroatoms. The van der Waals surface area contributed by atoms with Crippen LogP contribution in [-0.2, 0) is 16.0 Å². The van der Waals surface area contributed by atoms with Gasteiger partial charge in [0.2, 0.25) is 0 Å². The lowest BCUT2D eigenvalue weighted by Gasteiger charge is -2.20. The van der Waals surface area contributed by atoms with Gasteiger partial charge in [-0.25, -0.2) is 0 Å². The van der Waals surface area contributed by atoms with Crippen LogP contribution in [0.25, 0.3) is 10.8 Å². The molecule has 1 N–H and O–H groups in total. The number of benzene rings is 2. The summed E-state index contributed by atoms with van der Waals surface area (Å²) in [5.41, 5.74) is 2.60. The zero-order valence-corrected chi connectivity index (χ0v) is 11.2. The topological polar surface area (TPSA) is 55.4 Å². The van der Waals surface area contributed by atoms with E-state index in [1.807, 2.05) is 24.3 Å². The molecule has 0 bridgehead atoms. The van der Waals surface area contributed by atoms with Crippen molar-refractivity contribution in [1.82, 2.24) is 0 Å². The van der Waals surface area contributed by atoms with E-state index in [1.165, 1.54) is 12.7 Å². The molecule has 0 heterocycles. The number of esters is 1. The summed E-state index contributed by atoms with van der Waals surface area (Å²) < 4.78 is 4.61. The Hall–Kier alpha value is -2.36. The first kappa shape index (κ1) is 12.7. The molecule has 0 amide bonds. The molecule has 0 aliphatic heterocycles. The fraction of sp³-hybridized carbons (Fsp3) is 0.250. The van der Waals surface area contributed by atoms with Gasteiger partial charge in [-0.05, 0) is 28.8 Å². The lowest BCUT2D eigenvalue weighted by molar-refractivity contribution is -0.138. The van der Waals surface area contributed by atoms with Crippen molar-refractivity contribution in [2.75, 3.05) is 19.0 Å². The van der Waals surface area contributed by atoms with E-state index in [4.69, 9.17) is 0 Å². The Bertz CT molecular complexity index is 706. The van der Waals surface area contributed by atoms with Crippen LogP contribution >= 0.6 is 0 Å². The second-order valence-corrected chi connectivity index (χ2v) is 4.86. The van der Waals surface area contributed by atoms with Crippen molar-refractivity contribution >= 4 is 28.2 Å². The van der Waals surface area contributed by atoms with Gasteiger partial charge in [-0.3, -0.25) is 9.59 Å². The van der Waals surface area contributed by atoms with E-state index in [9.17, 15) is 9.59 Å². The standard InChI is InChI=1S/C16H15NO3/c1-20-14(19)9-17-12-7-5-10-3-2-4-11-6-8-13(18)16(12)15(10)11/h2-5,7,17H,6,8-9H2,1H3. The number of Topliss-reactive ketones (excluding diaryl/α,β-unsaturated/α-hetero) is 1. The van der Waals surface area contributed by atoms with Crippen LogP contribution in [0.5, 0.6) is 0 Å². The average Bonchev–Trinajstić information content (AvgIpc) is 2.49. The number of carbonyl (C=O) groups is 2. The minimum atomic E-state index is -0.353. The lowest BCUT2D eigenvalue weighted by Crippen LogP contribution is -2.18. The molecule has 2 aromatic rings. The van der Waals surface area contributed by atoms with E-state index in [0.29, 0.717) is 17.7 Å². The highest BCUT2D eigenvalue weighted by Gasteiger charge is 2.22. The lowest BCUT2D eigenvalue weighted by atomic mass is 9.86. The molecule has 0 atom stereocenters. The number of aryl methyl sites for hydroxylation is 1. The van der Waals surface area contributed by atoms with Gasteiger partial charge >= 0.3 is 5.97 Å². The molecule has 0 saturated carbocycles. The normalized spacial score (nSPS) is 13.3. The van der Waals surface area contributed by atoms with Crippen LogP contribution < -0.4 is 5.32 Å². The summed E-state index contributed by atoms with van der Waals surface area (Å²) in [5, 5.41) is 5.08. The Morgan fingerprint density at radius 3 is 2.90 bits per heavy atom. The van der Waals surface area contributed by atoms with E-state index in [1.54, 1.807) is 0 Å². The van der Waals surface area contributed by atoms with Crippen LogP contribution in [0.2, 0.25) is 0 Å². The number of ether oxygens (including phenoxy) is 1. The van der Waals surface area contributed by atoms with Gasteiger partial charge in [0.05, 0.1) is 7.11 Å². The van der Waals surface area contributed by atoms with E-state index in [2.05, 4.69) is 16.1 Å². The summed E-state index contributed by atoms with van der Waals surface area (Å²) in [7, 11) is 1.34. The SMILES string of the molecule is COC(=O)CNc1ccc2cccc3c2c1C(=O)CC3. The molecule has 0 radical (unpaired) electrons. The average molecular weight is 269 g/mol. The highest BCUT2D eigenvalue weighted by molar-refractivity contribution is 6.15. The Morgan fingerprint density at radius 1 is 1.25 bits per heavy atom. The van der Waals surface area contributed by atoms with E-state index in [0.717, 1.165) is 17.2 Å². The summed E-state index contributed by atoms with van der Waals surface area (Å²) in [5.74, 6) is -0.226. The van der Waals surface area contributed by atoms with Gasteiger partial charge in [0.1, 0.15) is 6.54 Å². The van der Waals surface area contributed by atoms with Crippen LogP contribution in [0.1, 0.15) is 22.3 Å². The third-order valence-electron chi connectivity index (χ3n) is 3.68. The predicted octanol–water partition coefficient (Wildman–Crippen LogP) is 2.55. The van der Waals surface area contributed by atoms with Crippen LogP contribution in [0, 0.1) is 0 Å². The molecule has 102 valence electrons. The van der Waals surface area contributed by atoms with E-state index >= 15 is 0 Å². The Labute approximate surface area is 116 Å². The third-order valence-corrected chi connectivity index (χ3v) is 3.68. The number of anilines is 1. The maximum absolute atomic E-state index is 12.3. The monoisotopic (exact) mass is 269 g/mol. The molecule has 1 aliphatic carbocycles. The number of ketones is 1. The largest absolute Gasteiger partial charge is 0.468 e. The molecule has 20 heavy (non-hydrogen) atoms. The summed E-state index contributed by atoms with van der Waals surface area (Å²) in [6.07, 6.45) is 1.30. The van der Waals surface area contributed by atoms with Crippen LogP contribution in [0.15, 0.2) is 30.3 Å². The highest BCUT2D eigenvalue weighted by Crippen LogP contribution is 2.34. The fourth-order valence-corrected chi connectivity index (χ4v) is 2.71. The van der Waals surface area contributed by atoms with E-state index < -0.39 is 0 Å². The van der Waals surface area contributed by atoms with Crippen LogP contribution in [0.4, 0.5) is 5.69 Å². The number of methoxy groups -OCH3 is 1. The molecule has 0 fully saturated rings. The fourth-order valence-electron chi connectivity index (χ4n) is 2.71. The van der Waals surface area contributed by atoms with Gasteiger partial charge in [0, 0.05) is 17.7 Å². The number of hydrogen-bond acceptors (Lipinski definition) is 4. The third kappa shape index (κ3) is 2.03. The van der Waals surface area contributed by atoms with Crippen molar-refractivity contribution in [3.63, 3.8) is 0 Å². The first-order valence-corrected chi connectivity index (χ1v) is 6.59. The zero-order valence-electron chi connectivity index (χ0n) is 11.2. The summed E-state index contributed by atoms with van der Waals surface area (Å²) in [6, 6.07) is 9.90. The Morgan fingerprint density at radius 2 is 2.10 bits per heavy atom. The van der Waals surface area contributed by atoms with Gasteiger partial charge < -0.3 is 10.1 Å². The van der Waals surface area contributed by atoms with Gasteiger partial charge in [-0.15, -0.1) is 0 Å². The van der Waals surface area contributed by atoms with Crippen molar-refractivity contribution in [2.24, 2.45) is 0 Å². The molecule has 0 saturated heterocycles. The number of hydrogen-bond donors (Lipinski definition) is 1. The van der Waals surface area contributed by atoms with Crippen LogP contribution in [-0.4, -0.2) is 25.4 Å². The summed E-state index contributed by atoms with van der Waals surface area (Å²) in [4.78, 5) is 23.5. The quantitative estimate of drug-likeness (QED) is 0.870. The van der Waals surface area contributed by atoms with Crippen molar-refractivity contribution in [2.45, 2.75) is 12.8 Å². The number of nitrogens with one attached hydrogen (secondary N) is 1. The molecule has 0 aromatic heterocycles. The molecule has 0 spiro atoms. The molecule has 4 nitrogen and oxygen atoms in total. The minimum Gasteiger partial charge on any atom is -0.468 e. The van der Waals surface area contributed by atoms with Crippen LogP contribution in [0.3, 0.4) is 0 Å². The molecule has 3 rings (SSSR count). The summed E-state index contributed by atoms with van der Waals surface area (Å²) in [6.45, 7) is 0.0600. The number of rotatable bonds is 3.